The zero-order chi connectivity index (χ0) is 24.5. The zero-order valence-corrected chi connectivity index (χ0v) is 20.5. The van der Waals surface area contributed by atoms with E-state index < -0.39 is 6.04 Å². The van der Waals surface area contributed by atoms with E-state index in [-0.39, 0.29) is 11.5 Å². The van der Waals surface area contributed by atoms with Crippen molar-refractivity contribution in [1.82, 2.24) is 4.57 Å². The smallest absolute Gasteiger partial charge is 0.271 e. The predicted octanol–water partition coefficient (Wildman–Crippen LogP) is 4.59. The van der Waals surface area contributed by atoms with Crippen molar-refractivity contribution in [1.29, 1.82) is 0 Å². The summed E-state index contributed by atoms with van der Waals surface area (Å²) >= 11 is 1.29. The van der Waals surface area contributed by atoms with Crippen LogP contribution in [-0.4, -0.2) is 10.5 Å². The molecule has 4 aromatic rings. The summed E-state index contributed by atoms with van der Waals surface area (Å²) in [6.07, 6.45) is 3.28. The largest absolute Gasteiger partial charge is 0.465 e. The summed E-state index contributed by atoms with van der Waals surface area (Å²) in [5, 5.41) is 2.97. The summed E-state index contributed by atoms with van der Waals surface area (Å²) in [6.45, 7) is 6.09. The number of hydrogen-bond donors (Lipinski definition) is 1. The summed E-state index contributed by atoms with van der Waals surface area (Å²) in [5.74, 6) is 0.680. The maximum absolute atomic E-state index is 13.6. The first kappa shape index (κ1) is 22.8. The summed E-state index contributed by atoms with van der Waals surface area (Å²) < 4.78 is 7.54. The Morgan fingerprint density at radius 2 is 1.83 bits per heavy atom. The Morgan fingerprint density at radius 1 is 1.09 bits per heavy atom. The molecule has 2 aromatic heterocycles. The van der Waals surface area contributed by atoms with Gasteiger partial charge in [0.1, 0.15) is 5.76 Å². The van der Waals surface area contributed by atoms with Crippen molar-refractivity contribution >= 4 is 29.0 Å². The van der Waals surface area contributed by atoms with Gasteiger partial charge in [-0.2, -0.15) is 0 Å². The monoisotopic (exact) mass is 483 g/mol. The number of para-hydroxylation sites is 1. The fourth-order valence-electron chi connectivity index (χ4n) is 4.21. The third-order valence-corrected chi connectivity index (χ3v) is 7.02. The van der Waals surface area contributed by atoms with Crippen molar-refractivity contribution in [3.63, 3.8) is 0 Å². The number of anilines is 1. The maximum atomic E-state index is 13.6. The van der Waals surface area contributed by atoms with Crippen LogP contribution in [0.1, 0.15) is 49.6 Å². The lowest BCUT2D eigenvalue weighted by atomic mass is 9.93. The Morgan fingerprint density at radius 3 is 2.49 bits per heavy atom. The van der Waals surface area contributed by atoms with Crippen molar-refractivity contribution in [2.75, 3.05) is 5.32 Å². The molecule has 0 radical (unpaired) electrons. The summed E-state index contributed by atoms with van der Waals surface area (Å²) in [6, 6.07) is 20.4. The van der Waals surface area contributed by atoms with Gasteiger partial charge in [-0.05, 0) is 48.2 Å². The van der Waals surface area contributed by atoms with Gasteiger partial charge in [0, 0.05) is 11.8 Å². The first-order valence-corrected chi connectivity index (χ1v) is 12.3. The van der Waals surface area contributed by atoms with E-state index in [9.17, 15) is 9.59 Å². The number of carbonyl (C=O) groups excluding carboxylic acids is 1. The first-order valence-electron chi connectivity index (χ1n) is 11.4. The Kier molecular flexibility index (Phi) is 6.09. The van der Waals surface area contributed by atoms with Crippen molar-refractivity contribution in [2.45, 2.75) is 32.7 Å². The molecule has 2 aromatic carbocycles. The molecular formula is C28H25N3O3S. The molecule has 3 heterocycles. The van der Waals surface area contributed by atoms with Gasteiger partial charge in [-0.15, -0.1) is 0 Å². The van der Waals surface area contributed by atoms with E-state index >= 15 is 0 Å². The summed E-state index contributed by atoms with van der Waals surface area (Å²) in [5.41, 5.74) is 3.55. The van der Waals surface area contributed by atoms with Crippen LogP contribution in [-0.2, 0) is 4.79 Å². The van der Waals surface area contributed by atoms with E-state index in [0.717, 1.165) is 5.56 Å². The lowest BCUT2D eigenvalue weighted by Gasteiger charge is -2.25. The zero-order valence-electron chi connectivity index (χ0n) is 19.7. The fraction of sp³-hybridized carbons (Fsp3) is 0.179. The van der Waals surface area contributed by atoms with E-state index in [0.29, 0.717) is 38.0 Å². The van der Waals surface area contributed by atoms with Crippen molar-refractivity contribution in [2.24, 2.45) is 4.99 Å². The number of furan rings is 1. The van der Waals surface area contributed by atoms with Gasteiger partial charge in [0.15, 0.2) is 4.80 Å². The second kappa shape index (κ2) is 9.35. The van der Waals surface area contributed by atoms with E-state index in [1.807, 2.05) is 49.4 Å². The standard InChI is InChI=1S/C28H25N3O3S/c1-17(2)19-11-13-20(14-12-19)25-24(26(32)30-21-8-5-4-6-9-21)18(3)29-28-31(25)27(33)23(35-28)16-22-10-7-15-34-22/h4-17,25H,1-3H3,(H,30,32)/b23-16+/t25-/m0/s1. The molecular weight excluding hydrogens is 458 g/mol. The van der Waals surface area contributed by atoms with Gasteiger partial charge in [-0.3, -0.25) is 14.2 Å². The Hall–Kier alpha value is -3.97. The van der Waals surface area contributed by atoms with Gasteiger partial charge in [0.2, 0.25) is 0 Å². The molecule has 35 heavy (non-hydrogen) atoms. The number of amides is 1. The van der Waals surface area contributed by atoms with Crippen LogP contribution in [0.5, 0.6) is 0 Å². The van der Waals surface area contributed by atoms with E-state index in [1.54, 1.807) is 29.0 Å². The molecule has 0 saturated heterocycles. The molecule has 1 amide bonds. The molecule has 0 aliphatic carbocycles. The number of fused-ring (bicyclic) bond motifs is 1. The highest BCUT2D eigenvalue weighted by molar-refractivity contribution is 7.07. The van der Waals surface area contributed by atoms with Crippen LogP contribution in [0.25, 0.3) is 6.08 Å². The Balaban J connectivity index is 1.67. The normalized spacial score (nSPS) is 15.8. The number of allylic oxidation sites excluding steroid dienone is 1. The molecule has 6 nitrogen and oxygen atoms in total. The van der Waals surface area contributed by atoms with Crippen LogP contribution in [0.3, 0.4) is 0 Å². The SMILES string of the molecule is CC1=C(C(=O)Nc2ccccc2)[C@H](c2ccc(C(C)C)cc2)n2c(s/c(=C/c3ccco3)c2=O)=N1. The van der Waals surface area contributed by atoms with Gasteiger partial charge in [0.05, 0.1) is 28.1 Å². The van der Waals surface area contributed by atoms with Gasteiger partial charge in [-0.25, -0.2) is 4.99 Å². The number of nitrogens with one attached hydrogen (secondary N) is 1. The molecule has 176 valence electrons. The minimum atomic E-state index is -0.602. The third-order valence-electron chi connectivity index (χ3n) is 6.03. The second-order valence-corrected chi connectivity index (χ2v) is 9.75. The average Bonchev–Trinajstić information content (AvgIpc) is 3.47. The highest BCUT2D eigenvalue weighted by Gasteiger charge is 2.32. The van der Waals surface area contributed by atoms with Gasteiger partial charge < -0.3 is 9.73 Å². The third kappa shape index (κ3) is 4.42. The number of carbonyl (C=O) groups is 1. The Bertz CT molecular complexity index is 1580. The van der Waals surface area contributed by atoms with Crippen LogP contribution in [0.15, 0.2) is 98.5 Å². The number of thiazole rings is 1. The number of nitrogens with zero attached hydrogens (tertiary/aromatic N) is 2. The minimum absolute atomic E-state index is 0.208. The van der Waals surface area contributed by atoms with E-state index in [2.05, 4.69) is 36.3 Å². The quantitative estimate of drug-likeness (QED) is 0.451. The molecule has 1 aliphatic rings. The van der Waals surface area contributed by atoms with Crippen LogP contribution >= 0.6 is 11.3 Å². The van der Waals surface area contributed by atoms with Gasteiger partial charge in [0.25, 0.3) is 11.5 Å². The molecule has 0 bridgehead atoms. The summed E-state index contributed by atoms with van der Waals surface area (Å²) in [7, 11) is 0. The van der Waals surface area contributed by atoms with Crippen LogP contribution < -0.4 is 20.2 Å². The average molecular weight is 484 g/mol. The molecule has 1 atom stereocenters. The fourth-order valence-corrected chi connectivity index (χ4v) is 5.24. The van der Waals surface area contributed by atoms with Crippen molar-refractivity contribution in [3.8, 4) is 0 Å². The lowest BCUT2D eigenvalue weighted by Crippen LogP contribution is -2.40. The van der Waals surface area contributed by atoms with Gasteiger partial charge in [-0.1, -0.05) is 67.6 Å². The van der Waals surface area contributed by atoms with E-state index in [4.69, 9.17) is 4.42 Å². The highest BCUT2D eigenvalue weighted by atomic mass is 32.1. The highest BCUT2D eigenvalue weighted by Crippen LogP contribution is 2.31. The Labute approximate surface area is 206 Å². The lowest BCUT2D eigenvalue weighted by molar-refractivity contribution is -0.113. The molecule has 1 N–H and O–H groups in total. The topological polar surface area (TPSA) is 76.6 Å². The number of benzene rings is 2. The van der Waals surface area contributed by atoms with Crippen LogP contribution in [0.4, 0.5) is 5.69 Å². The molecule has 7 heteroatoms. The minimum Gasteiger partial charge on any atom is -0.465 e. The van der Waals surface area contributed by atoms with Crippen LogP contribution in [0.2, 0.25) is 0 Å². The first-order chi connectivity index (χ1) is 16.9. The number of aromatic nitrogens is 1. The molecule has 0 fully saturated rings. The number of hydrogen-bond acceptors (Lipinski definition) is 5. The second-order valence-electron chi connectivity index (χ2n) is 8.74. The molecule has 0 unspecified atom stereocenters. The molecule has 1 aliphatic heterocycles. The van der Waals surface area contributed by atoms with E-state index in [1.165, 1.54) is 16.9 Å². The van der Waals surface area contributed by atoms with Crippen LogP contribution in [0, 0.1) is 0 Å². The molecule has 0 saturated carbocycles. The molecule has 5 rings (SSSR count). The van der Waals surface area contributed by atoms with Gasteiger partial charge >= 0.3 is 0 Å². The van der Waals surface area contributed by atoms with Crippen molar-refractivity contribution in [3.05, 3.63) is 121 Å². The predicted molar refractivity (Wildman–Crippen MR) is 138 cm³/mol. The summed E-state index contributed by atoms with van der Waals surface area (Å²) in [4.78, 5) is 32.4. The number of rotatable bonds is 5. The van der Waals surface area contributed by atoms with Crippen molar-refractivity contribution < 1.29 is 9.21 Å². The molecule has 0 spiro atoms. The maximum Gasteiger partial charge on any atom is 0.271 e.